The van der Waals surface area contributed by atoms with E-state index in [2.05, 4.69) is 20.5 Å². The Labute approximate surface area is 106 Å². The fraction of sp³-hybridized carbons (Fsp3) is 0.333. The van der Waals surface area contributed by atoms with Crippen molar-refractivity contribution in [2.24, 2.45) is 0 Å². The number of hydrogen-bond donors (Lipinski definition) is 2. The predicted octanol–water partition coefficient (Wildman–Crippen LogP) is 0.858. The number of hydrogen-bond acceptors (Lipinski definition) is 7. The highest BCUT2D eigenvalue weighted by atomic mass is 32.1. The second kappa shape index (κ2) is 5.19. The van der Waals surface area contributed by atoms with Crippen LogP contribution >= 0.6 is 22.7 Å². The number of nitrogens with two attached hydrogens (primary N) is 1. The highest BCUT2D eigenvalue weighted by Crippen LogP contribution is 2.11. The first-order valence-electron chi connectivity index (χ1n) is 4.93. The normalized spacial score (nSPS) is 10.4. The van der Waals surface area contributed by atoms with Crippen LogP contribution in [-0.4, -0.2) is 27.6 Å². The number of anilines is 1. The summed E-state index contributed by atoms with van der Waals surface area (Å²) >= 11 is 2.67. The van der Waals surface area contributed by atoms with E-state index in [9.17, 15) is 4.79 Å². The zero-order valence-corrected chi connectivity index (χ0v) is 10.8. The number of carbonyl (C=O) groups excluding carboxylic acids is 1. The molecule has 0 atom stereocenters. The molecule has 0 aliphatic rings. The van der Waals surface area contributed by atoms with Gasteiger partial charge in [-0.3, -0.25) is 4.79 Å². The molecule has 0 spiro atoms. The second-order valence-electron chi connectivity index (χ2n) is 3.33. The number of nitrogens with zero attached hydrogens (tertiary/aromatic N) is 3. The van der Waals surface area contributed by atoms with Gasteiger partial charge in [-0.25, -0.2) is 4.98 Å². The van der Waals surface area contributed by atoms with Crippen LogP contribution in [-0.2, 0) is 6.42 Å². The lowest BCUT2D eigenvalue weighted by atomic mass is 10.4. The van der Waals surface area contributed by atoms with Crippen LogP contribution in [0.2, 0.25) is 0 Å². The van der Waals surface area contributed by atoms with Gasteiger partial charge in [-0.1, -0.05) is 11.3 Å². The summed E-state index contributed by atoms with van der Waals surface area (Å²) in [7, 11) is 0. The van der Waals surface area contributed by atoms with Crippen LogP contribution in [0, 0.1) is 6.92 Å². The van der Waals surface area contributed by atoms with Crippen LogP contribution in [0.3, 0.4) is 0 Å². The molecule has 90 valence electrons. The van der Waals surface area contributed by atoms with Crippen molar-refractivity contribution >= 4 is 33.7 Å². The van der Waals surface area contributed by atoms with Crippen LogP contribution in [0.4, 0.5) is 5.13 Å². The maximum absolute atomic E-state index is 11.6. The third kappa shape index (κ3) is 3.21. The van der Waals surface area contributed by atoms with E-state index < -0.39 is 0 Å². The van der Waals surface area contributed by atoms with Gasteiger partial charge in [0.15, 0.2) is 0 Å². The van der Waals surface area contributed by atoms with Gasteiger partial charge in [0.1, 0.15) is 0 Å². The predicted molar refractivity (Wildman–Crippen MR) is 67.2 cm³/mol. The van der Waals surface area contributed by atoms with Crippen molar-refractivity contribution in [1.82, 2.24) is 20.5 Å². The van der Waals surface area contributed by atoms with Gasteiger partial charge in [-0.05, 0) is 6.92 Å². The smallest absolute Gasteiger partial charge is 0.282 e. The van der Waals surface area contributed by atoms with E-state index in [1.165, 1.54) is 0 Å². The van der Waals surface area contributed by atoms with Crippen LogP contribution in [0.1, 0.15) is 20.5 Å². The van der Waals surface area contributed by atoms with Crippen molar-refractivity contribution in [2.45, 2.75) is 13.3 Å². The Bertz CT molecular complexity index is 521. The minimum atomic E-state index is -0.243. The van der Waals surface area contributed by atoms with Gasteiger partial charge in [-0.15, -0.1) is 21.5 Å². The average molecular weight is 269 g/mol. The first-order chi connectivity index (χ1) is 8.15. The maximum Gasteiger partial charge on any atom is 0.282 e. The molecule has 8 heteroatoms. The topological polar surface area (TPSA) is 93.8 Å². The van der Waals surface area contributed by atoms with Gasteiger partial charge < -0.3 is 11.1 Å². The number of nitrogens with one attached hydrogen (secondary N) is 1. The molecule has 2 aromatic rings. The van der Waals surface area contributed by atoms with Crippen molar-refractivity contribution in [1.29, 1.82) is 0 Å². The van der Waals surface area contributed by atoms with Crippen LogP contribution < -0.4 is 11.1 Å². The number of thiazole rings is 1. The Kier molecular flexibility index (Phi) is 3.64. The quantitative estimate of drug-likeness (QED) is 0.858. The fourth-order valence-electron chi connectivity index (χ4n) is 1.20. The first-order valence-corrected chi connectivity index (χ1v) is 6.63. The van der Waals surface area contributed by atoms with E-state index in [1.54, 1.807) is 11.3 Å². The van der Waals surface area contributed by atoms with Gasteiger partial charge in [0.25, 0.3) is 5.91 Å². The summed E-state index contributed by atoms with van der Waals surface area (Å²) in [4.78, 5) is 15.9. The van der Waals surface area contributed by atoms with Crippen LogP contribution in [0.25, 0.3) is 0 Å². The molecule has 17 heavy (non-hydrogen) atoms. The lowest BCUT2D eigenvalue weighted by Crippen LogP contribution is -2.25. The largest absolute Gasteiger partial charge is 0.374 e. The molecule has 2 heterocycles. The standard InChI is InChI=1S/C9H11N5OS2/c1-5-4-16-6(12-5)2-3-11-7(15)8-13-14-9(10)17-8/h4H,2-3H2,1H3,(H2,10,14)(H,11,15). The number of carbonyl (C=O) groups is 1. The van der Waals surface area contributed by atoms with Crippen LogP contribution in [0.15, 0.2) is 5.38 Å². The molecule has 0 aliphatic heterocycles. The average Bonchev–Trinajstić information content (AvgIpc) is 2.88. The summed E-state index contributed by atoms with van der Waals surface area (Å²) in [5, 5.41) is 13.6. The molecule has 0 bridgehead atoms. The molecule has 1 amide bonds. The van der Waals surface area contributed by atoms with Crippen molar-refractivity contribution < 1.29 is 4.79 Å². The molecule has 6 nitrogen and oxygen atoms in total. The lowest BCUT2D eigenvalue weighted by molar-refractivity contribution is 0.0953. The van der Waals surface area contributed by atoms with Crippen molar-refractivity contribution in [3.05, 3.63) is 21.1 Å². The van der Waals surface area contributed by atoms with Crippen LogP contribution in [0.5, 0.6) is 0 Å². The van der Waals surface area contributed by atoms with Gasteiger partial charge in [0.05, 0.1) is 5.01 Å². The lowest BCUT2D eigenvalue weighted by Gasteiger charge is -1.99. The van der Waals surface area contributed by atoms with Gasteiger partial charge in [-0.2, -0.15) is 0 Å². The molecule has 0 unspecified atom stereocenters. The molecular formula is C9H11N5OS2. The highest BCUT2D eigenvalue weighted by Gasteiger charge is 2.10. The molecule has 0 saturated heterocycles. The molecule has 2 aromatic heterocycles. The molecular weight excluding hydrogens is 258 g/mol. The Morgan fingerprint density at radius 2 is 2.35 bits per heavy atom. The third-order valence-electron chi connectivity index (χ3n) is 1.93. The van der Waals surface area contributed by atoms with Gasteiger partial charge in [0, 0.05) is 24.0 Å². The SMILES string of the molecule is Cc1csc(CCNC(=O)c2nnc(N)s2)n1. The number of nitrogen functional groups attached to an aromatic ring is 1. The number of amides is 1. The zero-order valence-electron chi connectivity index (χ0n) is 9.14. The summed E-state index contributed by atoms with van der Waals surface area (Å²) in [6.07, 6.45) is 0.721. The Balaban J connectivity index is 1.81. The highest BCUT2D eigenvalue weighted by molar-refractivity contribution is 7.16. The minimum Gasteiger partial charge on any atom is -0.374 e. The Hall–Kier alpha value is -1.54. The molecule has 3 N–H and O–H groups in total. The van der Waals surface area contributed by atoms with E-state index >= 15 is 0 Å². The summed E-state index contributed by atoms with van der Waals surface area (Å²) in [6, 6.07) is 0. The summed E-state index contributed by atoms with van der Waals surface area (Å²) < 4.78 is 0. The van der Waals surface area contributed by atoms with E-state index in [4.69, 9.17) is 5.73 Å². The molecule has 0 aliphatic carbocycles. The van der Waals surface area contributed by atoms with E-state index in [-0.39, 0.29) is 10.9 Å². The maximum atomic E-state index is 11.6. The van der Waals surface area contributed by atoms with E-state index in [0.717, 1.165) is 28.5 Å². The first kappa shape index (κ1) is 11.9. The van der Waals surface area contributed by atoms with Gasteiger partial charge in [0.2, 0.25) is 10.1 Å². The van der Waals surface area contributed by atoms with Gasteiger partial charge >= 0.3 is 0 Å². The summed E-state index contributed by atoms with van der Waals surface area (Å²) in [5.41, 5.74) is 6.40. The summed E-state index contributed by atoms with van der Waals surface area (Å²) in [6.45, 7) is 2.48. The molecule has 0 aromatic carbocycles. The Morgan fingerprint density at radius 1 is 1.53 bits per heavy atom. The number of aromatic nitrogens is 3. The second-order valence-corrected chi connectivity index (χ2v) is 5.29. The monoisotopic (exact) mass is 269 g/mol. The molecule has 0 fully saturated rings. The molecule has 2 rings (SSSR count). The van der Waals surface area contributed by atoms with E-state index in [1.807, 2.05) is 12.3 Å². The van der Waals surface area contributed by atoms with Crippen molar-refractivity contribution in [2.75, 3.05) is 12.3 Å². The third-order valence-corrected chi connectivity index (χ3v) is 3.70. The molecule has 0 saturated carbocycles. The Morgan fingerprint density at radius 3 is 2.94 bits per heavy atom. The number of rotatable bonds is 4. The number of aryl methyl sites for hydroxylation is 1. The minimum absolute atomic E-state index is 0.243. The fourth-order valence-corrected chi connectivity index (χ4v) is 2.50. The summed E-state index contributed by atoms with van der Waals surface area (Å²) in [5.74, 6) is -0.243. The van der Waals surface area contributed by atoms with Crippen molar-refractivity contribution in [3.8, 4) is 0 Å². The van der Waals surface area contributed by atoms with Crippen molar-refractivity contribution in [3.63, 3.8) is 0 Å². The zero-order chi connectivity index (χ0) is 12.3. The van der Waals surface area contributed by atoms with E-state index in [0.29, 0.717) is 11.7 Å². The molecule has 0 radical (unpaired) electrons.